The van der Waals surface area contributed by atoms with E-state index in [1.165, 1.54) is 6.33 Å². The molecule has 0 saturated carbocycles. The van der Waals surface area contributed by atoms with Crippen molar-refractivity contribution >= 4 is 23.2 Å². The highest BCUT2D eigenvalue weighted by Crippen LogP contribution is 2.19. The molecule has 0 aromatic carbocycles. The van der Waals surface area contributed by atoms with Gasteiger partial charge < -0.3 is 5.73 Å². The van der Waals surface area contributed by atoms with Crippen LogP contribution in [0.2, 0.25) is 10.3 Å². The first-order valence-corrected chi connectivity index (χ1v) is 3.86. The fraction of sp³-hybridized carbons (Fsp3) is 0.333. The molecule has 5 heteroatoms. The van der Waals surface area contributed by atoms with Crippen molar-refractivity contribution in [3.05, 3.63) is 22.2 Å². The molecule has 2 N–H and O–H groups in total. The van der Waals surface area contributed by atoms with Gasteiger partial charge in [-0.1, -0.05) is 23.2 Å². The molecule has 1 aromatic rings. The molecule has 1 heterocycles. The Balaban J connectivity index is 3.00. The topological polar surface area (TPSA) is 51.8 Å². The summed E-state index contributed by atoms with van der Waals surface area (Å²) < 4.78 is 0. The zero-order valence-electron chi connectivity index (χ0n) is 5.72. The predicted octanol–water partition coefficient (Wildman–Crippen LogP) is 1.28. The Bertz CT molecular complexity index is 231. The summed E-state index contributed by atoms with van der Waals surface area (Å²) in [6.07, 6.45) is 1.93. The molecule has 0 saturated heterocycles. The van der Waals surface area contributed by atoms with E-state index in [1.54, 1.807) is 0 Å². The van der Waals surface area contributed by atoms with E-state index in [0.29, 0.717) is 23.3 Å². The van der Waals surface area contributed by atoms with E-state index in [9.17, 15) is 0 Å². The van der Waals surface area contributed by atoms with E-state index in [-0.39, 0.29) is 0 Å². The molecule has 0 aliphatic heterocycles. The van der Waals surface area contributed by atoms with Crippen LogP contribution in [0.15, 0.2) is 6.33 Å². The standard InChI is InChI=1S/C6H7Cl2N3/c7-5-4(1-2-9)6(8)11-3-10-5/h3H,1-2,9H2. The molecule has 0 aliphatic rings. The second-order valence-electron chi connectivity index (χ2n) is 1.97. The van der Waals surface area contributed by atoms with Gasteiger partial charge in [-0.2, -0.15) is 0 Å². The van der Waals surface area contributed by atoms with Crippen LogP contribution < -0.4 is 5.73 Å². The minimum absolute atomic E-state index is 0.385. The first-order valence-electron chi connectivity index (χ1n) is 3.10. The lowest BCUT2D eigenvalue weighted by atomic mass is 10.2. The Kier molecular flexibility index (Phi) is 3.05. The first kappa shape index (κ1) is 8.71. The zero-order chi connectivity index (χ0) is 8.27. The summed E-state index contributed by atoms with van der Waals surface area (Å²) in [5, 5.41) is 0.769. The lowest BCUT2D eigenvalue weighted by Gasteiger charge is -2.01. The quantitative estimate of drug-likeness (QED) is 0.718. The van der Waals surface area contributed by atoms with Gasteiger partial charge in [-0.25, -0.2) is 9.97 Å². The van der Waals surface area contributed by atoms with Crippen LogP contribution in [0.25, 0.3) is 0 Å². The molecule has 60 valence electrons. The van der Waals surface area contributed by atoms with Gasteiger partial charge in [0.1, 0.15) is 16.6 Å². The van der Waals surface area contributed by atoms with Gasteiger partial charge in [0.25, 0.3) is 0 Å². The molecule has 0 bridgehead atoms. The Labute approximate surface area is 74.5 Å². The number of hydrogen-bond donors (Lipinski definition) is 1. The summed E-state index contributed by atoms with van der Waals surface area (Å²) in [5.74, 6) is 0. The number of rotatable bonds is 2. The SMILES string of the molecule is NCCc1c(Cl)ncnc1Cl. The highest BCUT2D eigenvalue weighted by Gasteiger charge is 2.05. The average Bonchev–Trinajstić information content (AvgIpc) is 1.97. The Morgan fingerprint density at radius 1 is 1.27 bits per heavy atom. The molecule has 0 radical (unpaired) electrons. The van der Waals surface area contributed by atoms with Gasteiger partial charge in [0.2, 0.25) is 0 Å². The largest absolute Gasteiger partial charge is 0.330 e. The van der Waals surface area contributed by atoms with Gasteiger partial charge in [0.15, 0.2) is 0 Å². The van der Waals surface area contributed by atoms with E-state index in [0.717, 1.165) is 5.56 Å². The highest BCUT2D eigenvalue weighted by molar-refractivity contribution is 6.34. The van der Waals surface area contributed by atoms with Crippen molar-refractivity contribution in [3.8, 4) is 0 Å². The fourth-order valence-electron chi connectivity index (χ4n) is 0.722. The molecule has 1 aromatic heterocycles. The van der Waals surface area contributed by atoms with Gasteiger partial charge in [0, 0.05) is 5.56 Å². The van der Waals surface area contributed by atoms with E-state index < -0.39 is 0 Å². The van der Waals surface area contributed by atoms with Crippen LogP contribution in [-0.2, 0) is 6.42 Å². The van der Waals surface area contributed by atoms with Crippen LogP contribution in [0.3, 0.4) is 0 Å². The molecular formula is C6H7Cl2N3. The molecule has 0 unspecified atom stereocenters. The smallest absolute Gasteiger partial charge is 0.137 e. The third-order valence-corrected chi connectivity index (χ3v) is 1.89. The van der Waals surface area contributed by atoms with Crippen LogP contribution in [0.5, 0.6) is 0 Å². The molecule has 0 aliphatic carbocycles. The molecular weight excluding hydrogens is 185 g/mol. The van der Waals surface area contributed by atoms with E-state index in [2.05, 4.69) is 9.97 Å². The van der Waals surface area contributed by atoms with Crippen molar-refractivity contribution in [1.82, 2.24) is 9.97 Å². The third-order valence-electron chi connectivity index (χ3n) is 1.23. The maximum Gasteiger partial charge on any atom is 0.137 e. The van der Waals surface area contributed by atoms with Crippen molar-refractivity contribution in [3.63, 3.8) is 0 Å². The van der Waals surface area contributed by atoms with Crippen LogP contribution >= 0.6 is 23.2 Å². The van der Waals surface area contributed by atoms with Crippen LogP contribution in [-0.4, -0.2) is 16.5 Å². The minimum atomic E-state index is 0.385. The van der Waals surface area contributed by atoms with Crippen LogP contribution in [0.4, 0.5) is 0 Å². The molecule has 3 nitrogen and oxygen atoms in total. The summed E-state index contributed by atoms with van der Waals surface area (Å²) in [6.45, 7) is 0.493. The fourth-order valence-corrected chi connectivity index (χ4v) is 1.23. The summed E-state index contributed by atoms with van der Waals surface area (Å²) in [5.41, 5.74) is 6.05. The van der Waals surface area contributed by atoms with Gasteiger partial charge in [0.05, 0.1) is 0 Å². The third kappa shape index (κ3) is 2.02. The lowest BCUT2D eigenvalue weighted by Crippen LogP contribution is -2.05. The second kappa shape index (κ2) is 3.85. The summed E-state index contributed by atoms with van der Waals surface area (Å²) in [6, 6.07) is 0. The Morgan fingerprint density at radius 3 is 2.27 bits per heavy atom. The molecule has 0 spiro atoms. The van der Waals surface area contributed by atoms with Gasteiger partial charge in [-0.15, -0.1) is 0 Å². The van der Waals surface area contributed by atoms with E-state index >= 15 is 0 Å². The number of halogens is 2. The van der Waals surface area contributed by atoms with Gasteiger partial charge in [-0.3, -0.25) is 0 Å². The summed E-state index contributed by atoms with van der Waals surface area (Å²) in [4.78, 5) is 7.55. The normalized spacial score (nSPS) is 10.1. The average molecular weight is 192 g/mol. The number of nitrogens with zero attached hydrogens (tertiary/aromatic N) is 2. The monoisotopic (exact) mass is 191 g/mol. The van der Waals surface area contributed by atoms with Gasteiger partial charge >= 0.3 is 0 Å². The molecule has 11 heavy (non-hydrogen) atoms. The molecule has 0 amide bonds. The predicted molar refractivity (Wildman–Crippen MR) is 44.8 cm³/mol. The number of aromatic nitrogens is 2. The number of nitrogens with two attached hydrogens (primary N) is 1. The summed E-state index contributed by atoms with van der Waals surface area (Å²) in [7, 11) is 0. The maximum atomic E-state index is 5.72. The van der Waals surface area contributed by atoms with E-state index in [4.69, 9.17) is 28.9 Å². The Hall–Kier alpha value is -0.380. The minimum Gasteiger partial charge on any atom is -0.330 e. The molecule has 1 rings (SSSR count). The second-order valence-corrected chi connectivity index (χ2v) is 2.69. The van der Waals surface area contributed by atoms with Crippen molar-refractivity contribution < 1.29 is 0 Å². The lowest BCUT2D eigenvalue weighted by molar-refractivity contribution is 0.941. The highest BCUT2D eigenvalue weighted by atomic mass is 35.5. The summed E-state index contributed by atoms with van der Waals surface area (Å²) >= 11 is 11.4. The van der Waals surface area contributed by atoms with Crippen LogP contribution in [0, 0.1) is 0 Å². The van der Waals surface area contributed by atoms with Crippen molar-refractivity contribution in [2.75, 3.05) is 6.54 Å². The Morgan fingerprint density at radius 2 is 1.82 bits per heavy atom. The number of hydrogen-bond acceptors (Lipinski definition) is 3. The first-order chi connectivity index (χ1) is 5.25. The molecule has 0 atom stereocenters. The van der Waals surface area contributed by atoms with Gasteiger partial charge in [-0.05, 0) is 13.0 Å². The maximum absolute atomic E-state index is 5.72. The van der Waals surface area contributed by atoms with Crippen molar-refractivity contribution in [2.45, 2.75) is 6.42 Å². The zero-order valence-corrected chi connectivity index (χ0v) is 7.23. The van der Waals surface area contributed by atoms with Crippen molar-refractivity contribution in [1.29, 1.82) is 0 Å². The van der Waals surface area contributed by atoms with Crippen LogP contribution in [0.1, 0.15) is 5.56 Å². The molecule has 0 fully saturated rings. The van der Waals surface area contributed by atoms with Crippen molar-refractivity contribution in [2.24, 2.45) is 5.73 Å². The van der Waals surface area contributed by atoms with E-state index in [1.807, 2.05) is 0 Å².